The molecule has 0 heterocycles. The molecular formula is C12H9Cl3F3NO4. The fraction of sp³-hybridized carbons (Fsp3) is 0.333. The van der Waals surface area contributed by atoms with Crippen LogP contribution in [0, 0.1) is 0 Å². The number of ether oxygens (including phenoxy) is 1. The van der Waals surface area contributed by atoms with E-state index in [4.69, 9.17) is 34.8 Å². The molecule has 0 saturated carbocycles. The SMILES string of the molecule is COC(=O)[C@](O)([C@H](Cl)C(=O)Nc1ccc(Cl)cc1Cl)C(F)(F)F. The molecule has 5 nitrogen and oxygen atoms in total. The molecule has 0 unspecified atom stereocenters. The molecule has 2 atom stereocenters. The second-order valence-corrected chi connectivity index (χ2v) is 5.51. The number of esters is 1. The zero-order valence-electron chi connectivity index (χ0n) is 11.2. The molecular weight excluding hydrogens is 385 g/mol. The minimum Gasteiger partial charge on any atom is -0.467 e. The predicted molar refractivity (Wildman–Crippen MR) is 77.8 cm³/mol. The Hall–Kier alpha value is -1.22. The van der Waals surface area contributed by atoms with Crippen molar-refractivity contribution in [2.75, 3.05) is 12.4 Å². The Morgan fingerprint density at radius 3 is 2.30 bits per heavy atom. The fourth-order valence-electron chi connectivity index (χ4n) is 1.50. The summed E-state index contributed by atoms with van der Waals surface area (Å²) in [6, 6.07) is 3.73. The van der Waals surface area contributed by atoms with Gasteiger partial charge >= 0.3 is 12.1 Å². The highest BCUT2D eigenvalue weighted by Crippen LogP contribution is 2.37. The van der Waals surface area contributed by atoms with E-state index in [1.165, 1.54) is 18.2 Å². The van der Waals surface area contributed by atoms with Crippen LogP contribution in [0.2, 0.25) is 10.0 Å². The lowest BCUT2D eigenvalue weighted by atomic mass is 9.98. The van der Waals surface area contributed by atoms with Crippen molar-refractivity contribution < 1.29 is 32.6 Å². The number of rotatable bonds is 4. The van der Waals surface area contributed by atoms with Crippen LogP contribution >= 0.6 is 34.8 Å². The van der Waals surface area contributed by atoms with E-state index in [0.717, 1.165) is 0 Å². The maximum Gasteiger partial charge on any atom is 0.430 e. The summed E-state index contributed by atoms with van der Waals surface area (Å²) >= 11 is 16.8. The molecule has 0 spiro atoms. The molecule has 11 heteroatoms. The van der Waals surface area contributed by atoms with E-state index in [1.807, 2.05) is 5.32 Å². The van der Waals surface area contributed by atoms with E-state index >= 15 is 0 Å². The molecule has 0 aliphatic heterocycles. The van der Waals surface area contributed by atoms with E-state index < -0.39 is 29.0 Å². The van der Waals surface area contributed by atoms with Crippen molar-refractivity contribution in [2.24, 2.45) is 0 Å². The fourth-order valence-corrected chi connectivity index (χ4v) is 2.22. The molecule has 0 aromatic heterocycles. The Balaban J connectivity index is 3.12. The molecule has 128 valence electrons. The van der Waals surface area contributed by atoms with Crippen LogP contribution in [0.1, 0.15) is 0 Å². The number of methoxy groups -OCH3 is 1. The number of alkyl halides is 4. The van der Waals surface area contributed by atoms with Crippen LogP contribution in [0.25, 0.3) is 0 Å². The monoisotopic (exact) mass is 393 g/mol. The lowest BCUT2D eigenvalue weighted by Crippen LogP contribution is -2.62. The lowest BCUT2D eigenvalue weighted by molar-refractivity contribution is -0.260. The average Bonchev–Trinajstić information content (AvgIpc) is 2.46. The summed E-state index contributed by atoms with van der Waals surface area (Å²) in [6.07, 6.45) is -5.55. The molecule has 1 aromatic carbocycles. The van der Waals surface area contributed by atoms with Crippen molar-refractivity contribution in [3.63, 3.8) is 0 Å². The van der Waals surface area contributed by atoms with Gasteiger partial charge in [0.15, 0.2) is 5.38 Å². The van der Waals surface area contributed by atoms with E-state index in [2.05, 4.69) is 4.74 Å². The third-order valence-electron chi connectivity index (χ3n) is 2.71. The van der Waals surface area contributed by atoms with Gasteiger partial charge in [0.2, 0.25) is 5.91 Å². The van der Waals surface area contributed by atoms with Crippen molar-refractivity contribution in [2.45, 2.75) is 17.2 Å². The van der Waals surface area contributed by atoms with Crippen LogP contribution in [0.5, 0.6) is 0 Å². The normalized spacial score (nSPS) is 15.5. The van der Waals surface area contributed by atoms with Gasteiger partial charge < -0.3 is 15.2 Å². The van der Waals surface area contributed by atoms with Crippen LogP contribution < -0.4 is 5.32 Å². The van der Waals surface area contributed by atoms with E-state index in [9.17, 15) is 27.9 Å². The molecule has 0 radical (unpaired) electrons. The van der Waals surface area contributed by atoms with Crippen LogP contribution in [-0.2, 0) is 14.3 Å². The first-order valence-corrected chi connectivity index (χ1v) is 6.92. The standard InChI is InChI=1S/C12H9Cl3F3NO4/c1-23-10(21)11(22,12(16,17)18)8(15)9(20)19-7-3-2-5(13)4-6(7)14/h2-4,8,22H,1H3,(H,19,20)/t8-,11-/m1/s1. The van der Waals surface area contributed by atoms with E-state index in [1.54, 1.807) is 0 Å². The molecule has 1 amide bonds. The topological polar surface area (TPSA) is 75.6 Å². The van der Waals surface area contributed by atoms with Gasteiger partial charge in [0, 0.05) is 5.02 Å². The summed E-state index contributed by atoms with van der Waals surface area (Å²) in [4.78, 5) is 23.2. The van der Waals surface area contributed by atoms with Gasteiger partial charge in [-0.1, -0.05) is 23.2 Å². The number of hydrogen-bond acceptors (Lipinski definition) is 4. The highest BCUT2D eigenvalue weighted by atomic mass is 35.5. The number of hydrogen-bond donors (Lipinski definition) is 2. The molecule has 2 N–H and O–H groups in total. The molecule has 0 aliphatic carbocycles. The molecule has 0 saturated heterocycles. The summed E-state index contributed by atoms with van der Waals surface area (Å²) < 4.78 is 42.8. The Bertz CT molecular complexity index is 626. The van der Waals surface area contributed by atoms with E-state index in [-0.39, 0.29) is 15.7 Å². The molecule has 0 aliphatic rings. The van der Waals surface area contributed by atoms with Crippen molar-refractivity contribution in [3.8, 4) is 0 Å². The smallest absolute Gasteiger partial charge is 0.430 e. The summed E-state index contributed by atoms with van der Waals surface area (Å²) in [5.41, 5.74) is -4.34. The maximum atomic E-state index is 13.0. The van der Waals surface area contributed by atoms with Gasteiger partial charge in [-0.15, -0.1) is 11.6 Å². The Labute approximate surface area is 143 Å². The van der Waals surface area contributed by atoms with Gasteiger partial charge in [-0.05, 0) is 18.2 Å². The summed E-state index contributed by atoms with van der Waals surface area (Å²) in [5, 5.41) is 8.98. The minimum atomic E-state index is -5.55. The first-order chi connectivity index (χ1) is 10.4. The van der Waals surface area contributed by atoms with E-state index in [0.29, 0.717) is 7.11 Å². The van der Waals surface area contributed by atoms with Gasteiger partial charge in [0.05, 0.1) is 17.8 Å². The number of carbonyl (C=O) groups is 2. The van der Waals surface area contributed by atoms with Gasteiger partial charge in [-0.3, -0.25) is 4.79 Å². The second-order valence-electron chi connectivity index (χ2n) is 4.23. The van der Waals surface area contributed by atoms with Gasteiger partial charge in [0.25, 0.3) is 5.60 Å². The second kappa shape index (κ2) is 7.12. The Morgan fingerprint density at radius 2 is 1.87 bits per heavy atom. The molecule has 1 aromatic rings. The maximum absolute atomic E-state index is 13.0. The summed E-state index contributed by atoms with van der Waals surface area (Å²) in [7, 11) is 0.608. The largest absolute Gasteiger partial charge is 0.467 e. The number of halogens is 6. The highest BCUT2D eigenvalue weighted by Gasteiger charge is 2.67. The van der Waals surface area contributed by atoms with Crippen molar-refractivity contribution in [3.05, 3.63) is 28.2 Å². The minimum absolute atomic E-state index is 0.0802. The van der Waals surface area contributed by atoms with Gasteiger partial charge in [-0.25, -0.2) is 4.79 Å². The number of carbonyl (C=O) groups excluding carboxylic acids is 2. The predicted octanol–water partition coefficient (Wildman–Crippen LogP) is 3.01. The first-order valence-electron chi connectivity index (χ1n) is 5.72. The van der Waals surface area contributed by atoms with Gasteiger partial charge in [-0.2, -0.15) is 13.2 Å². The third kappa shape index (κ3) is 4.00. The summed E-state index contributed by atoms with van der Waals surface area (Å²) in [5.74, 6) is -3.64. The molecule has 23 heavy (non-hydrogen) atoms. The van der Waals surface area contributed by atoms with Crippen LogP contribution in [0.4, 0.5) is 18.9 Å². The number of aliphatic hydroxyl groups is 1. The van der Waals surface area contributed by atoms with Crippen molar-refractivity contribution in [1.82, 2.24) is 0 Å². The van der Waals surface area contributed by atoms with Crippen LogP contribution in [-0.4, -0.2) is 41.2 Å². The molecule has 0 bridgehead atoms. The zero-order valence-corrected chi connectivity index (χ0v) is 13.5. The van der Waals surface area contributed by atoms with Crippen LogP contribution in [0.3, 0.4) is 0 Å². The quantitative estimate of drug-likeness (QED) is 0.608. The van der Waals surface area contributed by atoms with Crippen molar-refractivity contribution in [1.29, 1.82) is 0 Å². The summed E-state index contributed by atoms with van der Waals surface area (Å²) in [6.45, 7) is 0. The Morgan fingerprint density at radius 1 is 1.30 bits per heavy atom. The van der Waals surface area contributed by atoms with Crippen molar-refractivity contribution >= 4 is 52.4 Å². The molecule has 0 fully saturated rings. The van der Waals surface area contributed by atoms with Crippen LogP contribution in [0.15, 0.2) is 18.2 Å². The number of nitrogens with one attached hydrogen (secondary N) is 1. The number of benzene rings is 1. The third-order valence-corrected chi connectivity index (χ3v) is 3.78. The number of amides is 1. The van der Waals surface area contributed by atoms with Gasteiger partial charge in [0.1, 0.15) is 0 Å². The zero-order chi connectivity index (χ0) is 18.0. The first kappa shape index (κ1) is 19.8. The lowest BCUT2D eigenvalue weighted by Gasteiger charge is -2.30. The number of anilines is 1. The Kier molecular flexibility index (Phi) is 6.14. The molecule has 1 rings (SSSR count). The highest BCUT2D eigenvalue weighted by molar-refractivity contribution is 6.38. The average molecular weight is 395 g/mol.